The predicted molar refractivity (Wildman–Crippen MR) is 78.2 cm³/mol. The molecule has 0 radical (unpaired) electrons. The fourth-order valence-corrected chi connectivity index (χ4v) is 2.32. The van der Waals surface area contributed by atoms with Gasteiger partial charge in [-0.2, -0.15) is 0 Å². The molecule has 1 unspecified atom stereocenters. The maximum Gasteiger partial charge on any atom is 0.317 e. The van der Waals surface area contributed by atoms with Crippen LogP contribution in [0.1, 0.15) is 18.5 Å². The molecule has 0 saturated carbocycles. The quantitative estimate of drug-likeness (QED) is 0.843. The van der Waals surface area contributed by atoms with Crippen LogP contribution in [0.25, 0.3) is 0 Å². The second-order valence-corrected chi connectivity index (χ2v) is 5.36. The van der Waals surface area contributed by atoms with Crippen molar-refractivity contribution in [1.82, 2.24) is 10.2 Å². The summed E-state index contributed by atoms with van der Waals surface area (Å²) < 4.78 is 0. The molecule has 1 atom stereocenters. The standard InChI is InChI=1S/C13H16Cl2N2O3/c1-8(10-4-3-9(14)5-11(10)15)16-12(18)6-17(2)7-13(19)20/h3-5,8H,6-7H2,1-2H3,(H,16,18)(H,19,20). The number of hydrogen-bond donors (Lipinski definition) is 2. The van der Waals surface area contributed by atoms with Gasteiger partial charge in [0.15, 0.2) is 0 Å². The van der Waals surface area contributed by atoms with Gasteiger partial charge in [-0.15, -0.1) is 0 Å². The van der Waals surface area contributed by atoms with Crippen molar-refractivity contribution in [2.24, 2.45) is 0 Å². The van der Waals surface area contributed by atoms with Gasteiger partial charge in [0, 0.05) is 10.0 Å². The van der Waals surface area contributed by atoms with E-state index in [1.165, 1.54) is 4.90 Å². The lowest BCUT2D eigenvalue weighted by molar-refractivity contribution is -0.138. The van der Waals surface area contributed by atoms with Crippen molar-refractivity contribution < 1.29 is 14.7 Å². The number of nitrogens with one attached hydrogen (secondary N) is 1. The van der Waals surface area contributed by atoms with Crippen molar-refractivity contribution in [3.63, 3.8) is 0 Å². The highest BCUT2D eigenvalue weighted by molar-refractivity contribution is 6.35. The maximum absolute atomic E-state index is 11.8. The number of carboxylic acid groups (broad SMARTS) is 1. The van der Waals surface area contributed by atoms with Gasteiger partial charge in [0.1, 0.15) is 0 Å². The topological polar surface area (TPSA) is 69.6 Å². The fraction of sp³-hybridized carbons (Fsp3) is 0.385. The van der Waals surface area contributed by atoms with Crippen molar-refractivity contribution in [3.05, 3.63) is 33.8 Å². The van der Waals surface area contributed by atoms with E-state index >= 15 is 0 Å². The fourth-order valence-electron chi connectivity index (χ4n) is 1.75. The molecule has 0 aliphatic carbocycles. The lowest BCUT2D eigenvalue weighted by Crippen LogP contribution is -2.38. The van der Waals surface area contributed by atoms with Crippen LogP contribution >= 0.6 is 23.2 Å². The second-order valence-electron chi connectivity index (χ2n) is 4.52. The minimum Gasteiger partial charge on any atom is -0.480 e. The maximum atomic E-state index is 11.8. The molecular weight excluding hydrogens is 303 g/mol. The first-order valence-corrected chi connectivity index (χ1v) is 6.70. The zero-order chi connectivity index (χ0) is 15.3. The van der Waals surface area contributed by atoms with Crippen LogP contribution in [0.15, 0.2) is 18.2 Å². The molecule has 0 saturated heterocycles. The Hall–Kier alpha value is -1.30. The van der Waals surface area contributed by atoms with E-state index in [-0.39, 0.29) is 25.0 Å². The summed E-state index contributed by atoms with van der Waals surface area (Å²) in [5, 5.41) is 12.4. The summed E-state index contributed by atoms with van der Waals surface area (Å²) in [6, 6.07) is 4.77. The van der Waals surface area contributed by atoms with Gasteiger partial charge in [-0.1, -0.05) is 29.3 Å². The lowest BCUT2D eigenvalue weighted by atomic mass is 10.1. The van der Waals surface area contributed by atoms with Crippen LogP contribution in [0.2, 0.25) is 10.0 Å². The Morgan fingerprint density at radius 2 is 2.00 bits per heavy atom. The number of amides is 1. The number of carboxylic acids is 1. The SMILES string of the molecule is CC(NC(=O)CN(C)CC(=O)O)c1ccc(Cl)cc1Cl. The Morgan fingerprint density at radius 3 is 2.55 bits per heavy atom. The molecule has 0 fully saturated rings. The summed E-state index contributed by atoms with van der Waals surface area (Å²) in [7, 11) is 1.56. The average Bonchev–Trinajstić information content (AvgIpc) is 2.26. The van der Waals surface area contributed by atoms with E-state index in [1.54, 1.807) is 32.2 Å². The van der Waals surface area contributed by atoms with Gasteiger partial charge in [-0.25, -0.2) is 0 Å². The first kappa shape index (κ1) is 16.8. The number of benzene rings is 1. The molecule has 0 aromatic heterocycles. The Morgan fingerprint density at radius 1 is 1.35 bits per heavy atom. The zero-order valence-corrected chi connectivity index (χ0v) is 12.7. The Bertz CT molecular complexity index is 508. The van der Waals surface area contributed by atoms with Crippen LogP contribution < -0.4 is 5.32 Å². The first-order valence-electron chi connectivity index (χ1n) is 5.94. The molecule has 1 aromatic carbocycles. The van der Waals surface area contributed by atoms with Gasteiger partial charge in [0.05, 0.1) is 19.1 Å². The second kappa shape index (κ2) is 7.47. The summed E-state index contributed by atoms with van der Waals surface area (Å²) in [5.41, 5.74) is 0.755. The summed E-state index contributed by atoms with van der Waals surface area (Å²) in [6.07, 6.45) is 0. The molecule has 0 aliphatic rings. The Labute approximate surface area is 127 Å². The van der Waals surface area contributed by atoms with E-state index in [2.05, 4.69) is 5.32 Å². The molecular formula is C13H16Cl2N2O3. The third kappa shape index (κ3) is 5.36. The molecule has 0 spiro atoms. The summed E-state index contributed by atoms with van der Waals surface area (Å²) in [6.45, 7) is 1.61. The van der Waals surface area contributed by atoms with Crippen molar-refractivity contribution in [2.45, 2.75) is 13.0 Å². The van der Waals surface area contributed by atoms with Crippen molar-refractivity contribution in [1.29, 1.82) is 0 Å². The summed E-state index contributed by atoms with van der Waals surface area (Å²) in [5.74, 6) is -1.25. The number of nitrogens with zero attached hydrogens (tertiary/aromatic N) is 1. The number of aliphatic carboxylic acids is 1. The molecule has 1 aromatic rings. The molecule has 110 valence electrons. The van der Waals surface area contributed by atoms with E-state index in [0.717, 1.165) is 5.56 Å². The normalized spacial score (nSPS) is 12.2. The van der Waals surface area contributed by atoms with Gasteiger partial charge in [-0.05, 0) is 31.7 Å². The average molecular weight is 319 g/mol. The molecule has 0 bridgehead atoms. The highest BCUT2D eigenvalue weighted by atomic mass is 35.5. The van der Waals surface area contributed by atoms with Gasteiger partial charge < -0.3 is 10.4 Å². The van der Waals surface area contributed by atoms with E-state index < -0.39 is 5.97 Å². The van der Waals surface area contributed by atoms with Gasteiger partial charge in [-0.3, -0.25) is 14.5 Å². The number of hydrogen-bond acceptors (Lipinski definition) is 3. The molecule has 0 aliphatic heterocycles. The smallest absolute Gasteiger partial charge is 0.317 e. The summed E-state index contributed by atoms with van der Waals surface area (Å²) in [4.78, 5) is 23.7. The van der Waals surface area contributed by atoms with Crippen LogP contribution in [0, 0.1) is 0 Å². The van der Waals surface area contributed by atoms with E-state index in [0.29, 0.717) is 10.0 Å². The monoisotopic (exact) mass is 318 g/mol. The number of halogens is 2. The first-order chi connectivity index (χ1) is 9.29. The molecule has 2 N–H and O–H groups in total. The molecule has 7 heteroatoms. The van der Waals surface area contributed by atoms with Gasteiger partial charge >= 0.3 is 5.97 Å². The van der Waals surface area contributed by atoms with Crippen molar-refractivity contribution >= 4 is 35.1 Å². The van der Waals surface area contributed by atoms with Crippen LogP contribution in [0.5, 0.6) is 0 Å². The lowest BCUT2D eigenvalue weighted by Gasteiger charge is -2.18. The van der Waals surface area contributed by atoms with Crippen LogP contribution in [0.3, 0.4) is 0 Å². The number of carbonyl (C=O) groups excluding carboxylic acids is 1. The summed E-state index contributed by atoms with van der Waals surface area (Å²) >= 11 is 11.9. The van der Waals surface area contributed by atoms with Gasteiger partial charge in [0.25, 0.3) is 0 Å². The Balaban J connectivity index is 2.59. The molecule has 20 heavy (non-hydrogen) atoms. The highest BCUT2D eigenvalue weighted by Gasteiger charge is 2.15. The van der Waals surface area contributed by atoms with Crippen molar-refractivity contribution in [3.8, 4) is 0 Å². The molecule has 1 rings (SSSR count). The predicted octanol–water partition coefficient (Wildman–Crippen LogP) is 2.19. The van der Waals surface area contributed by atoms with Crippen LogP contribution in [0.4, 0.5) is 0 Å². The number of carbonyl (C=O) groups is 2. The van der Waals surface area contributed by atoms with Crippen LogP contribution in [-0.2, 0) is 9.59 Å². The highest BCUT2D eigenvalue weighted by Crippen LogP contribution is 2.25. The van der Waals surface area contributed by atoms with E-state index in [1.807, 2.05) is 0 Å². The number of likely N-dealkylation sites (N-methyl/N-ethyl adjacent to an activating group) is 1. The molecule has 1 amide bonds. The minimum absolute atomic E-state index is 0.00183. The van der Waals surface area contributed by atoms with E-state index in [4.69, 9.17) is 28.3 Å². The Kier molecular flexibility index (Phi) is 6.26. The molecule has 0 heterocycles. The molecule has 5 nitrogen and oxygen atoms in total. The third-order valence-corrected chi connectivity index (χ3v) is 3.19. The van der Waals surface area contributed by atoms with E-state index in [9.17, 15) is 9.59 Å². The minimum atomic E-state index is -0.978. The van der Waals surface area contributed by atoms with Crippen molar-refractivity contribution in [2.75, 3.05) is 20.1 Å². The zero-order valence-electron chi connectivity index (χ0n) is 11.2. The van der Waals surface area contributed by atoms with Gasteiger partial charge in [0.2, 0.25) is 5.91 Å². The number of rotatable bonds is 6. The largest absolute Gasteiger partial charge is 0.480 e. The van der Waals surface area contributed by atoms with Crippen LogP contribution in [-0.4, -0.2) is 42.0 Å². The third-order valence-electron chi connectivity index (χ3n) is 2.63.